The molecule has 1 aromatic carbocycles. The molecule has 2 unspecified atom stereocenters. The first kappa shape index (κ1) is 24.3. The minimum Gasteiger partial charge on any atom is -0.395 e. The molecule has 2 atom stereocenters. The Labute approximate surface area is 199 Å². The van der Waals surface area contributed by atoms with Crippen molar-refractivity contribution in [3.63, 3.8) is 0 Å². The van der Waals surface area contributed by atoms with Crippen LogP contribution >= 0.6 is 11.6 Å². The minimum absolute atomic E-state index is 0.145. The summed E-state index contributed by atoms with van der Waals surface area (Å²) in [6, 6.07) is 5.72. The van der Waals surface area contributed by atoms with Crippen molar-refractivity contribution in [1.82, 2.24) is 20.0 Å². The lowest BCUT2D eigenvalue weighted by atomic mass is 10.0. The summed E-state index contributed by atoms with van der Waals surface area (Å²) < 4.78 is 34.5. The lowest BCUT2D eigenvalue weighted by Gasteiger charge is -2.30. The Kier molecular flexibility index (Phi) is 7.49. The van der Waals surface area contributed by atoms with Gasteiger partial charge in [-0.15, -0.1) is 0 Å². The summed E-state index contributed by atoms with van der Waals surface area (Å²) >= 11 is 4.34. The molecule has 33 heavy (non-hydrogen) atoms. The van der Waals surface area contributed by atoms with Gasteiger partial charge in [-0.2, -0.15) is 13.1 Å². The van der Waals surface area contributed by atoms with E-state index in [4.69, 9.17) is 20.9 Å². The number of quaternary nitrogens is 1. The zero-order valence-corrected chi connectivity index (χ0v) is 20.2. The number of aromatic nitrogens is 3. The van der Waals surface area contributed by atoms with Gasteiger partial charge in [-0.05, 0) is 24.8 Å². The highest BCUT2D eigenvalue weighted by Crippen LogP contribution is 2.35. The van der Waals surface area contributed by atoms with Crippen LogP contribution in [0.25, 0.3) is 22.3 Å². The largest absolute Gasteiger partial charge is 0.395 e. The average molecular weight is 499 g/mol. The number of para-hydroxylation sites is 1. The normalized spacial score (nSPS) is 17.5. The zero-order valence-electron chi connectivity index (χ0n) is 18.6. The van der Waals surface area contributed by atoms with Crippen LogP contribution in [0.4, 0.5) is 0 Å². The fourth-order valence-corrected chi connectivity index (χ4v) is 4.79. The predicted molar refractivity (Wildman–Crippen MR) is 124 cm³/mol. The van der Waals surface area contributed by atoms with Gasteiger partial charge in [-0.1, -0.05) is 28.9 Å². The van der Waals surface area contributed by atoms with Crippen LogP contribution in [0, 0.1) is 5.92 Å². The molecule has 0 aliphatic carbocycles. The lowest BCUT2D eigenvalue weighted by Crippen LogP contribution is -2.51. The molecular weight excluding hydrogens is 470 g/mol. The number of ether oxygens (including phenoxy) is 1. The Bertz CT molecular complexity index is 1130. The number of halogens is 1. The summed E-state index contributed by atoms with van der Waals surface area (Å²) in [6.07, 6.45) is 3.19. The van der Waals surface area contributed by atoms with Crippen LogP contribution in [0.5, 0.6) is 0 Å². The third-order valence-corrected chi connectivity index (χ3v) is 7.36. The molecule has 3 aromatic rings. The van der Waals surface area contributed by atoms with E-state index in [1.54, 1.807) is 14.1 Å². The Morgan fingerprint density at radius 2 is 2.12 bits per heavy atom. The average Bonchev–Trinajstić information content (AvgIpc) is 3.40. The highest BCUT2D eigenvalue weighted by atomic mass is 35.5. The summed E-state index contributed by atoms with van der Waals surface area (Å²) in [5, 5.41) is 18.0. The van der Waals surface area contributed by atoms with Gasteiger partial charge in [0.25, 0.3) is 0 Å². The second-order valence-electron chi connectivity index (χ2n) is 8.59. The number of rotatable bonds is 9. The minimum atomic E-state index is -2.24. The molecule has 12 heteroatoms. The number of hydrogen-bond donors (Lipinski definition) is 3. The van der Waals surface area contributed by atoms with E-state index < -0.39 is 17.4 Å². The van der Waals surface area contributed by atoms with Crippen molar-refractivity contribution in [2.24, 2.45) is 5.92 Å². The lowest BCUT2D eigenvalue weighted by molar-refractivity contribution is -0.804. The highest BCUT2D eigenvalue weighted by Gasteiger charge is 2.40. The molecule has 1 aliphatic rings. The zero-order chi connectivity index (χ0) is 23.6. The van der Waals surface area contributed by atoms with E-state index in [-0.39, 0.29) is 22.9 Å². The number of benzene rings is 1. The first-order valence-electron chi connectivity index (χ1n) is 10.8. The smallest absolute Gasteiger partial charge is 0.359 e. The van der Waals surface area contributed by atoms with Crippen LogP contribution in [0.2, 0.25) is 5.02 Å². The van der Waals surface area contributed by atoms with Gasteiger partial charge < -0.3 is 18.9 Å². The maximum absolute atomic E-state index is 11.9. The second kappa shape index (κ2) is 10.2. The van der Waals surface area contributed by atoms with Crippen LogP contribution in [-0.4, -0.2) is 72.9 Å². The number of fused-ring (bicyclic) bond motifs is 1. The van der Waals surface area contributed by atoms with E-state index in [0.717, 1.165) is 49.1 Å². The van der Waals surface area contributed by atoms with Gasteiger partial charge in [0.15, 0.2) is 0 Å². The molecule has 0 spiro atoms. The van der Waals surface area contributed by atoms with Gasteiger partial charge in [0.05, 0.1) is 31.2 Å². The summed E-state index contributed by atoms with van der Waals surface area (Å²) in [4.78, 5) is 4.56. The maximum atomic E-state index is 11.9. The molecule has 2 aromatic heterocycles. The van der Waals surface area contributed by atoms with E-state index in [9.17, 15) is 13.9 Å². The molecule has 10 nitrogen and oxygen atoms in total. The van der Waals surface area contributed by atoms with Crippen molar-refractivity contribution >= 4 is 33.8 Å². The fourth-order valence-electron chi connectivity index (χ4n) is 4.16. The maximum Gasteiger partial charge on any atom is 0.359 e. The number of aliphatic hydroxyl groups excluding tert-OH is 1. The SMILES string of the molecule is C[N+](C)(C(NCCO)c1nc(-c2cn(CC3CCOCC3)c3c(Cl)cccc23)no1)S(=O)O. The molecular formula is C21H29ClN5O5S+. The van der Waals surface area contributed by atoms with Gasteiger partial charge in [0, 0.05) is 43.4 Å². The third-order valence-electron chi connectivity index (χ3n) is 6.04. The molecule has 0 bridgehead atoms. The van der Waals surface area contributed by atoms with Crippen molar-refractivity contribution < 1.29 is 27.0 Å². The molecule has 0 saturated carbocycles. The monoisotopic (exact) mass is 498 g/mol. The van der Waals surface area contributed by atoms with Gasteiger partial charge in [0.1, 0.15) is 0 Å². The van der Waals surface area contributed by atoms with Crippen LogP contribution in [0.3, 0.4) is 0 Å². The van der Waals surface area contributed by atoms with Crippen molar-refractivity contribution in [2.45, 2.75) is 25.6 Å². The van der Waals surface area contributed by atoms with E-state index in [1.807, 2.05) is 24.4 Å². The van der Waals surface area contributed by atoms with E-state index >= 15 is 0 Å². The van der Waals surface area contributed by atoms with Gasteiger partial charge in [-0.3, -0.25) is 9.87 Å². The van der Waals surface area contributed by atoms with E-state index in [1.165, 1.54) is 0 Å². The van der Waals surface area contributed by atoms with Crippen molar-refractivity contribution in [1.29, 1.82) is 0 Å². The van der Waals surface area contributed by atoms with Crippen LogP contribution in [-0.2, 0) is 22.5 Å². The second-order valence-corrected chi connectivity index (χ2v) is 10.4. The number of nitrogens with one attached hydrogen (secondary N) is 1. The molecule has 180 valence electrons. The van der Waals surface area contributed by atoms with E-state index in [2.05, 4.69) is 20.0 Å². The Morgan fingerprint density at radius 1 is 1.36 bits per heavy atom. The highest BCUT2D eigenvalue weighted by molar-refractivity contribution is 7.73. The van der Waals surface area contributed by atoms with Crippen molar-refractivity contribution in [3.05, 3.63) is 35.3 Å². The molecule has 1 aliphatic heterocycles. The number of nitrogens with zero attached hydrogens (tertiary/aromatic N) is 4. The first-order chi connectivity index (χ1) is 15.8. The summed E-state index contributed by atoms with van der Waals surface area (Å²) in [6.45, 7) is 2.39. The van der Waals surface area contributed by atoms with Crippen LogP contribution < -0.4 is 5.32 Å². The third kappa shape index (κ3) is 4.99. The summed E-state index contributed by atoms with van der Waals surface area (Å²) in [7, 11) is 3.13. The van der Waals surface area contributed by atoms with Crippen molar-refractivity contribution in [2.75, 3.05) is 40.5 Å². The fraction of sp³-hybridized carbons (Fsp3) is 0.524. The summed E-state index contributed by atoms with van der Waals surface area (Å²) in [5.74, 6) is 1.00. The van der Waals surface area contributed by atoms with Gasteiger partial charge >= 0.3 is 17.2 Å². The molecule has 0 radical (unpaired) electrons. The quantitative estimate of drug-likeness (QED) is 0.234. The molecule has 4 rings (SSSR count). The standard InChI is InChI=1S/C21H28ClN5O5S/c1-27(2,33(29)30)20(23-8-9-28)21-24-19(25-32-21)16-13-26(12-14-6-10-31-11-7-14)18-15(16)4-3-5-17(18)22/h3-5,13-14,20,23,28H,6-12H2,1-2H3/p+1. The van der Waals surface area contributed by atoms with Gasteiger partial charge in [-0.25, -0.2) is 0 Å². The van der Waals surface area contributed by atoms with Crippen LogP contribution in [0.1, 0.15) is 24.9 Å². The molecule has 0 amide bonds. The molecule has 3 N–H and O–H groups in total. The van der Waals surface area contributed by atoms with E-state index in [0.29, 0.717) is 16.8 Å². The Hall–Kier alpha value is -1.86. The number of aliphatic hydroxyl groups is 1. The Balaban J connectivity index is 1.72. The number of hydrogen-bond acceptors (Lipinski definition) is 7. The predicted octanol–water partition coefficient (Wildman–Crippen LogP) is 2.56. The summed E-state index contributed by atoms with van der Waals surface area (Å²) in [5.41, 5.74) is 1.68. The molecule has 3 heterocycles. The molecule has 1 fully saturated rings. The first-order valence-corrected chi connectivity index (χ1v) is 12.3. The molecule has 1 saturated heterocycles. The van der Waals surface area contributed by atoms with Gasteiger partial charge in [0.2, 0.25) is 12.0 Å². The topological polar surface area (TPSA) is 123 Å². The van der Waals surface area contributed by atoms with Crippen molar-refractivity contribution in [3.8, 4) is 11.4 Å². The Morgan fingerprint density at radius 3 is 2.82 bits per heavy atom. The van der Waals surface area contributed by atoms with Crippen LogP contribution in [0.15, 0.2) is 28.9 Å².